The predicted octanol–water partition coefficient (Wildman–Crippen LogP) is 9.42. The fourth-order valence-electron chi connectivity index (χ4n) is 6.35. The van der Waals surface area contributed by atoms with E-state index in [4.69, 9.17) is 9.97 Å². The molecule has 0 fully saturated rings. The van der Waals surface area contributed by atoms with E-state index in [2.05, 4.69) is 81.9 Å². The highest BCUT2D eigenvalue weighted by atomic mass is 16.3. The molecule has 0 spiro atoms. The molecule has 48 heavy (non-hydrogen) atoms. The van der Waals surface area contributed by atoms with E-state index in [-0.39, 0.29) is 22.5 Å². The van der Waals surface area contributed by atoms with Crippen LogP contribution < -0.4 is 0 Å². The van der Waals surface area contributed by atoms with Gasteiger partial charge in [0.2, 0.25) is 0 Å². The third-order valence-electron chi connectivity index (χ3n) is 9.23. The van der Waals surface area contributed by atoms with Gasteiger partial charge in [0.15, 0.2) is 0 Å². The zero-order valence-electron chi connectivity index (χ0n) is 28.2. The molecule has 4 heterocycles. The van der Waals surface area contributed by atoms with Crippen LogP contribution in [0.4, 0.5) is 0 Å². The SMILES string of the molecule is CC(C)(C)C1=CC(c2ccc3ccc4ccc(-c5cc(C(C)(C)C)cc(-c6ccccn6)c5O)nc4c3n2)C(O)C(c2ccccn2)=C1. The van der Waals surface area contributed by atoms with E-state index in [0.29, 0.717) is 22.5 Å². The maximum absolute atomic E-state index is 11.8. The van der Waals surface area contributed by atoms with Gasteiger partial charge in [0.1, 0.15) is 5.75 Å². The van der Waals surface area contributed by atoms with Crippen LogP contribution >= 0.6 is 0 Å². The molecule has 7 rings (SSSR count). The minimum atomic E-state index is -0.823. The van der Waals surface area contributed by atoms with Crippen LogP contribution in [0.3, 0.4) is 0 Å². The van der Waals surface area contributed by atoms with Gasteiger partial charge < -0.3 is 10.2 Å². The third-order valence-corrected chi connectivity index (χ3v) is 9.23. The largest absolute Gasteiger partial charge is 0.507 e. The molecule has 4 aromatic heterocycles. The zero-order valence-corrected chi connectivity index (χ0v) is 28.2. The average molecular weight is 633 g/mol. The second-order valence-electron chi connectivity index (χ2n) is 14.7. The van der Waals surface area contributed by atoms with Crippen molar-refractivity contribution in [3.05, 3.63) is 132 Å². The van der Waals surface area contributed by atoms with Gasteiger partial charge in [-0.2, -0.15) is 0 Å². The second-order valence-corrected chi connectivity index (χ2v) is 14.7. The summed E-state index contributed by atoms with van der Waals surface area (Å²) in [6.07, 6.45) is 6.89. The van der Waals surface area contributed by atoms with E-state index in [0.717, 1.165) is 49.9 Å². The van der Waals surface area contributed by atoms with Crippen molar-refractivity contribution in [2.45, 2.75) is 59.0 Å². The van der Waals surface area contributed by atoms with E-state index >= 15 is 0 Å². The van der Waals surface area contributed by atoms with Gasteiger partial charge in [-0.15, -0.1) is 0 Å². The number of fused-ring (bicyclic) bond motifs is 3. The minimum Gasteiger partial charge on any atom is -0.507 e. The standard InChI is InChI=1S/C42H40N4O2/c1-41(2,3)27-21-29(33-11-7-9-19-43-33)39(47)31(23-27)35-17-15-25-13-14-26-16-18-36(46-38(26)37(25)45-35)32-24-28(42(4,5)6)22-30(40(32)48)34-12-8-10-20-44-34/h7-24,31,39,47-48H,1-6H3. The van der Waals surface area contributed by atoms with Crippen LogP contribution in [0.15, 0.2) is 115 Å². The first-order valence-corrected chi connectivity index (χ1v) is 16.4. The smallest absolute Gasteiger partial charge is 0.134 e. The summed E-state index contributed by atoms with van der Waals surface area (Å²) in [5.41, 5.74) is 8.31. The van der Waals surface area contributed by atoms with Crippen molar-refractivity contribution in [1.29, 1.82) is 0 Å². The summed E-state index contributed by atoms with van der Waals surface area (Å²) in [7, 11) is 0. The zero-order chi connectivity index (χ0) is 33.8. The molecule has 0 saturated carbocycles. The molecule has 6 nitrogen and oxygen atoms in total. The molecule has 2 N–H and O–H groups in total. The summed E-state index contributed by atoms with van der Waals surface area (Å²) in [4.78, 5) is 19.5. The van der Waals surface area contributed by atoms with Gasteiger partial charge in [-0.1, -0.05) is 90.1 Å². The number of nitrogens with zero attached hydrogens (tertiary/aromatic N) is 4. The number of hydrogen-bond acceptors (Lipinski definition) is 6. The van der Waals surface area contributed by atoms with E-state index in [1.165, 1.54) is 0 Å². The lowest BCUT2D eigenvalue weighted by molar-refractivity contribution is 0.211. The van der Waals surface area contributed by atoms with Gasteiger partial charge in [-0.05, 0) is 70.5 Å². The minimum absolute atomic E-state index is 0.140. The van der Waals surface area contributed by atoms with Crippen molar-refractivity contribution in [3.8, 4) is 28.3 Å². The van der Waals surface area contributed by atoms with E-state index in [9.17, 15) is 10.2 Å². The summed E-state index contributed by atoms with van der Waals surface area (Å²) in [6.45, 7) is 13.0. The molecule has 240 valence electrons. The number of aromatic nitrogens is 4. The van der Waals surface area contributed by atoms with Crippen molar-refractivity contribution in [2.75, 3.05) is 0 Å². The predicted molar refractivity (Wildman–Crippen MR) is 195 cm³/mol. The molecule has 6 aromatic rings. The first-order valence-electron chi connectivity index (χ1n) is 16.4. The summed E-state index contributed by atoms with van der Waals surface area (Å²) >= 11 is 0. The Labute approximate surface area is 281 Å². The second kappa shape index (κ2) is 11.8. The number of rotatable bonds is 4. The Morgan fingerprint density at radius 1 is 0.625 bits per heavy atom. The highest BCUT2D eigenvalue weighted by Gasteiger charge is 2.32. The number of phenolic OH excluding ortho intramolecular Hbond substituents is 1. The number of benzene rings is 2. The number of allylic oxidation sites excluding steroid dienone is 2. The Kier molecular flexibility index (Phi) is 7.72. The number of aliphatic hydroxyl groups excluding tert-OH is 1. The van der Waals surface area contributed by atoms with Crippen LogP contribution in [0.1, 0.15) is 64.4 Å². The molecule has 0 bridgehead atoms. The van der Waals surface area contributed by atoms with Gasteiger partial charge in [-0.25, -0.2) is 9.97 Å². The summed E-state index contributed by atoms with van der Waals surface area (Å²) < 4.78 is 0. The molecule has 2 aromatic carbocycles. The topological polar surface area (TPSA) is 92.0 Å². The lowest BCUT2D eigenvalue weighted by Gasteiger charge is -2.32. The van der Waals surface area contributed by atoms with E-state index < -0.39 is 6.10 Å². The Bertz CT molecular complexity index is 2230. The highest BCUT2D eigenvalue weighted by Crippen LogP contribution is 2.43. The molecule has 0 amide bonds. The van der Waals surface area contributed by atoms with Crippen molar-refractivity contribution in [1.82, 2.24) is 19.9 Å². The first-order chi connectivity index (χ1) is 22.9. The van der Waals surface area contributed by atoms with Crippen molar-refractivity contribution >= 4 is 27.4 Å². The van der Waals surface area contributed by atoms with Gasteiger partial charge in [0.25, 0.3) is 0 Å². The number of aliphatic hydroxyl groups is 1. The van der Waals surface area contributed by atoms with E-state index in [1.807, 2.05) is 66.7 Å². The number of phenols is 1. The lowest BCUT2D eigenvalue weighted by atomic mass is 9.76. The maximum Gasteiger partial charge on any atom is 0.134 e. The average Bonchev–Trinajstić information content (AvgIpc) is 3.07. The van der Waals surface area contributed by atoms with Crippen molar-refractivity contribution in [2.24, 2.45) is 5.41 Å². The third kappa shape index (κ3) is 5.77. The lowest BCUT2D eigenvalue weighted by Crippen LogP contribution is -2.26. The molecule has 0 radical (unpaired) electrons. The highest BCUT2D eigenvalue weighted by molar-refractivity contribution is 6.03. The number of pyridine rings is 4. The molecular formula is C42H40N4O2. The monoisotopic (exact) mass is 632 g/mol. The Morgan fingerprint density at radius 3 is 1.81 bits per heavy atom. The van der Waals surface area contributed by atoms with Gasteiger partial charge >= 0.3 is 0 Å². The molecule has 0 aliphatic heterocycles. The molecule has 1 aliphatic rings. The van der Waals surface area contributed by atoms with Gasteiger partial charge in [0, 0.05) is 39.9 Å². The summed E-state index contributed by atoms with van der Waals surface area (Å²) in [6, 6.07) is 27.7. The van der Waals surface area contributed by atoms with Crippen molar-refractivity contribution in [3.63, 3.8) is 0 Å². The molecule has 2 unspecified atom stereocenters. The molecule has 6 heteroatoms. The quantitative estimate of drug-likeness (QED) is 0.188. The molecule has 2 atom stereocenters. The summed E-state index contributed by atoms with van der Waals surface area (Å²) in [5.74, 6) is -0.237. The first kappa shape index (κ1) is 31.4. The van der Waals surface area contributed by atoms with Crippen LogP contribution in [0.2, 0.25) is 0 Å². The molecular weight excluding hydrogens is 592 g/mol. The van der Waals surface area contributed by atoms with Crippen LogP contribution in [0, 0.1) is 5.41 Å². The van der Waals surface area contributed by atoms with Gasteiger partial charge in [-0.3, -0.25) is 9.97 Å². The fraction of sp³-hybridized carbons (Fsp3) is 0.238. The maximum atomic E-state index is 11.8. The Balaban J connectivity index is 1.39. The van der Waals surface area contributed by atoms with E-state index in [1.54, 1.807) is 12.4 Å². The molecule has 0 saturated heterocycles. The fourth-order valence-corrected chi connectivity index (χ4v) is 6.35. The van der Waals surface area contributed by atoms with Crippen LogP contribution in [0.5, 0.6) is 5.75 Å². The van der Waals surface area contributed by atoms with Crippen LogP contribution in [0.25, 0.3) is 49.9 Å². The Morgan fingerprint density at radius 2 is 1.21 bits per heavy atom. The van der Waals surface area contributed by atoms with Crippen LogP contribution in [-0.4, -0.2) is 36.3 Å². The van der Waals surface area contributed by atoms with Crippen molar-refractivity contribution < 1.29 is 10.2 Å². The Hall–Kier alpha value is -5.20. The van der Waals surface area contributed by atoms with Crippen LogP contribution in [-0.2, 0) is 5.41 Å². The summed E-state index contributed by atoms with van der Waals surface area (Å²) in [5, 5.41) is 25.4. The number of hydrogen-bond donors (Lipinski definition) is 2. The number of aromatic hydroxyl groups is 1. The van der Waals surface area contributed by atoms with Gasteiger partial charge in [0.05, 0.1) is 45.8 Å². The normalized spacial score (nSPS) is 17.0. The molecule has 1 aliphatic carbocycles.